The summed E-state index contributed by atoms with van der Waals surface area (Å²) < 4.78 is 54.0. The zero-order chi connectivity index (χ0) is 36.7. The van der Waals surface area contributed by atoms with Gasteiger partial charge >= 0.3 is 6.01 Å². The van der Waals surface area contributed by atoms with Gasteiger partial charge in [0.05, 0.1) is 42.2 Å². The van der Waals surface area contributed by atoms with Gasteiger partial charge in [0.25, 0.3) is 5.91 Å². The Bertz CT molecular complexity index is 2240. The summed E-state index contributed by atoms with van der Waals surface area (Å²) in [6.07, 6.45) is 2.86. The quantitative estimate of drug-likeness (QED) is 0.173. The molecule has 0 bridgehead atoms. The van der Waals surface area contributed by atoms with Gasteiger partial charge in [-0.25, -0.2) is 13.2 Å². The monoisotopic (exact) mass is 713 g/mol. The molecule has 52 heavy (non-hydrogen) atoms. The lowest BCUT2D eigenvalue weighted by Gasteiger charge is -2.30. The van der Waals surface area contributed by atoms with E-state index < -0.39 is 23.3 Å². The van der Waals surface area contributed by atoms with E-state index in [4.69, 9.17) is 10.00 Å². The molecule has 2 aliphatic heterocycles. The summed E-state index contributed by atoms with van der Waals surface area (Å²) in [6, 6.07) is 9.22. The number of nitrogens with zero attached hydrogens (tertiary/aromatic N) is 8. The van der Waals surface area contributed by atoms with Crippen molar-refractivity contribution in [3.05, 3.63) is 65.1 Å². The number of fused-ring (bicyclic) bond motifs is 3. The number of aryl methyl sites for hydroxylation is 2. The molecule has 7 rings (SSSR count). The Morgan fingerprint density at radius 1 is 1.23 bits per heavy atom. The third kappa shape index (κ3) is 6.32. The third-order valence-electron chi connectivity index (χ3n) is 9.98. The van der Waals surface area contributed by atoms with Crippen molar-refractivity contribution >= 4 is 33.4 Å². The summed E-state index contributed by atoms with van der Waals surface area (Å²) in [5.74, 6) is -1.55. The fourth-order valence-electron chi connectivity index (χ4n) is 7.56. The van der Waals surface area contributed by atoms with Crippen LogP contribution in [0.25, 0.3) is 32.9 Å². The predicted octanol–water partition coefficient (Wildman–Crippen LogP) is 5.77. The fourth-order valence-corrected chi connectivity index (χ4v) is 7.56. The van der Waals surface area contributed by atoms with Gasteiger partial charge < -0.3 is 20.1 Å². The average Bonchev–Trinajstić information content (AvgIpc) is 3.80. The normalized spacial score (nSPS) is 18.5. The number of aromatic nitrogens is 5. The number of hydrogen-bond acceptors (Lipinski definition) is 10. The summed E-state index contributed by atoms with van der Waals surface area (Å²) in [5.41, 5.74) is 0.514. The van der Waals surface area contributed by atoms with E-state index in [0.717, 1.165) is 19.4 Å². The Morgan fingerprint density at radius 2 is 2.06 bits per heavy atom. The Hall–Kier alpha value is -5.49. The second-order valence-corrected chi connectivity index (χ2v) is 13.6. The number of aromatic hydroxyl groups is 1. The van der Waals surface area contributed by atoms with Crippen LogP contribution in [0.5, 0.6) is 11.8 Å². The summed E-state index contributed by atoms with van der Waals surface area (Å²) in [5, 5.41) is 28.6. The molecule has 0 unspecified atom stereocenters. The van der Waals surface area contributed by atoms with Crippen LogP contribution < -0.4 is 10.1 Å². The van der Waals surface area contributed by atoms with Crippen LogP contribution in [0.3, 0.4) is 0 Å². The van der Waals surface area contributed by atoms with Gasteiger partial charge in [0, 0.05) is 38.8 Å². The molecule has 12 nitrogen and oxygen atoms in total. The molecule has 2 N–H and O–H groups in total. The SMILES string of the molecule is CCc1c(F)ccc2cc(O)cc(-c3ncc4c(NCc5cc(C(=O)N(C)C)n(CCC#N)n5)nc(OC[C@@]56CCCN5C[C@H](F)C6)nc4c3F)c12. The van der Waals surface area contributed by atoms with Gasteiger partial charge in [0.1, 0.15) is 47.1 Å². The molecular formula is C37H38F3N9O3. The molecule has 15 heteroatoms. The van der Waals surface area contributed by atoms with Crippen LogP contribution in [0.15, 0.2) is 36.5 Å². The molecule has 2 atom stereocenters. The highest BCUT2D eigenvalue weighted by Crippen LogP contribution is 2.41. The highest BCUT2D eigenvalue weighted by molar-refractivity contribution is 6.01. The predicted molar refractivity (Wildman–Crippen MR) is 188 cm³/mol. The van der Waals surface area contributed by atoms with E-state index in [-0.39, 0.29) is 71.8 Å². The molecule has 2 aliphatic rings. The van der Waals surface area contributed by atoms with Gasteiger partial charge in [0.15, 0.2) is 5.82 Å². The number of alkyl halides is 1. The van der Waals surface area contributed by atoms with Crippen molar-refractivity contribution in [2.24, 2.45) is 0 Å². The largest absolute Gasteiger partial charge is 0.508 e. The molecule has 2 aromatic carbocycles. The van der Waals surface area contributed by atoms with Gasteiger partial charge in [-0.05, 0) is 66.4 Å². The van der Waals surface area contributed by atoms with Gasteiger partial charge in [-0.1, -0.05) is 13.0 Å². The molecule has 0 radical (unpaired) electrons. The summed E-state index contributed by atoms with van der Waals surface area (Å²) in [6.45, 7) is 3.25. The number of carbonyl (C=O) groups is 1. The molecular weight excluding hydrogens is 675 g/mol. The maximum atomic E-state index is 16.9. The number of nitriles is 1. The van der Waals surface area contributed by atoms with Gasteiger partial charge in [-0.3, -0.25) is 19.4 Å². The van der Waals surface area contributed by atoms with Gasteiger partial charge in [-0.15, -0.1) is 0 Å². The molecule has 2 fully saturated rings. The number of ether oxygens (including phenoxy) is 1. The van der Waals surface area contributed by atoms with Crippen molar-refractivity contribution in [2.45, 2.75) is 63.8 Å². The standard InChI is InChI=1S/C37H38F3N9O3/c1-4-25-28(39)8-7-21-13-24(50)15-26(30(21)25)32-31(40)33-27(18-42-32)34(43-17-23-14-29(35(51)47(2)3)49(46-23)12-6-10-41)45-36(44-33)52-20-37-9-5-11-48(37)19-22(38)16-37/h7-8,13-15,18,22,50H,4-6,9,11-12,16-17,19-20H2,1-3H3,(H,43,44,45)/t22-,37+/m1/s1. The van der Waals surface area contributed by atoms with E-state index in [0.29, 0.717) is 47.1 Å². The minimum Gasteiger partial charge on any atom is -0.508 e. The summed E-state index contributed by atoms with van der Waals surface area (Å²) in [4.78, 5) is 29.9. The van der Waals surface area contributed by atoms with Crippen LogP contribution in [-0.2, 0) is 19.5 Å². The molecule has 0 saturated carbocycles. The van der Waals surface area contributed by atoms with Crippen LogP contribution in [0.2, 0.25) is 0 Å². The van der Waals surface area contributed by atoms with Crippen LogP contribution in [0.4, 0.5) is 19.0 Å². The van der Waals surface area contributed by atoms with Crippen molar-refractivity contribution in [3.63, 3.8) is 0 Å². The number of amides is 1. The molecule has 0 spiro atoms. The minimum absolute atomic E-state index is 0.0553. The first-order chi connectivity index (χ1) is 25.0. The molecule has 5 heterocycles. The molecule has 270 valence electrons. The lowest BCUT2D eigenvalue weighted by atomic mass is 9.94. The Kier molecular flexibility index (Phi) is 9.35. The zero-order valence-corrected chi connectivity index (χ0v) is 29.1. The fraction of sp³-hybridized carbons (Fsp3) is 0.405. The van der Waals surface area contributed by atoms with E-state index in [1.165, 1.54) is 40.0 Å². The number of phenols is 1. The second kappa shape index (κ2) is 13.9. The van der Waals surface area contributed by atoms with Crippen molar-refractivity contribution in [2.75, 3.05) is 39.1 Å². The second-order valence-electron chi connectivity index (χ2n) is 13.6. The van der Waals surface area contributed by atoms with Gasteiger partial charge in [0.2, 0.25) is 0 Å². The highest BCUT2D eigenvalue weighted by Gasteiger charge is 2.49. The van der Waals surface area contributed by atoms with E-state index >= 15 is 8.78 Å². The molecule has 2 saturated heterocycles. The lowest BCUT2D eigenvalue weighted by Crippen LogP contribution is -2.43. The van der Waals surface area contributed by atoms with E-state index in [2.05, 4.69) is 36.3 Å². The molecule has 3 aromatic heterocycles. The molecule has 0 aliphatic carbocycles. The molecule has 5 aromatic rings. The minimum atomic E-state index is -0.975. The van der Waals surface area contributed by atoms with E-state index in [1.54, 1.807) is 27.1 Å². The Labute approximate surface area is 297 Å². The topological polar surface area (TPSA) is 145 Å². The number of halogens is 3. The number of nitrogens with one attached hydrogen (secondary N) is 1. The number of pyridine rings is 1. The highest BCUT2D eigenvalue weighted by atomic mass is 19.1. The maximum absolute atomic E-state index is 16.9. The van der Waals surface area contributed by atoms with Gasteiger partial charge in [-0.2, -0.15) is 20.3 Å². The Balaban J connectivity index is 1.31. The van der Waals surface area contributed by atoms with Crippen LogP contribution in [0, 0.1) is 23.0 Å². The number of phenolic OH excluding ortho intramolecular Hbond substituents is 1. The van der Waals surface area contributed by atoms with Crippen LogP contribution in [0.1, 0.15) is 54.4 Å². The third-order valence-corrected chi connectivity index (χ3v) is 9.98. The number of hydrogen-bond donors (Lipinski definition) is 2. The smallest absolute Gasteiger partial charge is 0.319 e. The van der Waals surface area contributed by atoms with E-state index in [9.17, 15) is 14.3 Å². The summed E-state index contributed by atoms with van der Waals surface area (Å²) >= 11 is 0. The first-order valence-corrected chi connectivity index (χ1v) is 17.2. The van der Waals surface area contributed by atoms with Crippen molar-refractivity contribution in [1.29, 1.82) is 5.26 Å². The van der Waals surface area contributed by atoms with Crippen LogP contribution in [-0.4, -0.2) is 91.0 Å². The maximum Gasteiger partial charge on any atom is 0.319 e. The lowest BCUT2D eigenvalue weighted by molar-refractivity contribution is 0.0815. The molecule has 1 amide bonds. The first kappa shape index (κ1) is 34.9. The Morgan fingerprint density at radius 3 is 2.83 bits per heavy atom. The van der Waals surface area contributed by atoms with Crippen molar-refractivity contribution in [1.82, 2.24) is 34.5 Å². The number of carbonyl (C=O) groups excluding carboxylic acids is 1. The first-order valence-electron chi connectivity index (χ1n) is 17.2. The number of rotatable bonds is 11. The number of benzene rings is 2. The van der Waals surface area contributed by atoms with Crippen molar-refractivity contribution < 1.29 is 27.8 Å². The number of anilines is 1. The average molecular weight is 714 g/mol. The zero-order valence-electron chi connectivity index (χ0n) is 29.1. The summed E-state index contributed by atoms with van der Waals surface area (Å²) in [7, 11) is 3.24. The van der Waals surface area contributed by atoms with E-state index in [1.807, 2.05) is 0 Å². The van der Waals surface area contributed by atoms with Crippen LogP contribution >= 0.6 is 0 Å². The van der Waals surface area contributed by atoms with Crippen molar-refractivity contribution in [3.8, 4) is 29.1 Å².